The lowest BCUT2D eigenvalue weighted by molar-refractivity contribution is -0.125. The van der Waals surface area contributed by atoms with Gasteiger partial charge in [-0.1, -0.05) is 32.8 Å². The van der Waals surface area contributed by atoms with E-state index in [4.69, 9.17) is 0 Å². The Balaban J connectivity index is 1.66. The summed E-state index contributed by atoms with van der Waals surface area (Å²) in [6, 6.07) is 3.80. The Morgan fingerprint density at radius 2 is 1.84 bits per heavy atom. The third-order valence-corrected chi connectivity index (χ3v) is 5.62. The number of rotatable bonds is 9. The Labute approximate surface area is 155 Å². The Bertz CT molecular complexity index is 519. The Kier molecular flexibility index (Phi) is 8.41. The summed E-state index contributed by atoms with van der Waals surface area (Å²) in [5.41, 5.74) is 0. The summed E-state index contributed by atoms with van der Waals surface area (Å²) in [6.07, 6.45) is 4.06. The van der Waals surface area contributed by atoms with E-state index >= 15 is 0 Å². The van der Waals surface area contributed by atoms with Crippen LogP contribution in [-0.4, -0.2) is 60.9 Å². The maximum atomic E-state index is 12.3. The normalized spacial score (nSPS) is 15.6. The summed E-state index contributed by atoms with van der Waals surface area (Å²) in [5.74, 6) is 0.510. The molecule has 1 aliphatic rings. The fraction of sp³-hybridized carbons (Fsp3) is 0.684. The first-order chi connectivity index (χ1) is 12.2. The molecule has 0 bridgehead atoms. The Hall–Kier alpha value is -1.40. The van der Waals surface area contributed by atoms with Crippen molar-refractivity contribution in [3.05, 3.63) is 22.4 Å². The van der Waals surface area contributed by atoms with Crippen LogP contribution < -0.4 is 5.32 Å². The van der Waals surface area contributed by atoms with E-state index in [9.17, 15) is 9.59 Å². The van der Waals surface area contributed by atoms with Crippen molar-refractivity contribution in [3.63, 3.8) is 0 Å². The first-order valence-electron chi connectivity index (χ1n) is 9.48. The number of hydrogen-bond donors (Lipinski definition) is 1. The number of piperazine rings is 1. The smallest absolute Gasteiger partial charge is 0.264 e. The molecule has 1 aliphatic heterocycles. The summed E-state index contributed by atoms with van der Waals surface area (Å²) in [6.45, 7) is 9.10. The highest BCUT2D eigenvalue weighted by atomic mass is 32.1. The molecule has 1 N–H and O–H groups in total. The van der Waals surface area contributed by atoms with Crippen LogP contribution in [0.1, 0.15) is 49.2 Å². The molecule has 25 heavy (non-hydrogen) atoms. The van der Waals surface area contributed by atoms with E-state index in [0.29, 0.717) is 6.54 Å². The molecular weight excluding hydrogens is 334 g/mol. The van der Waals surface area contributed by atoms with Crippen LogP contribution in [0.5, 0.6) is 0 Å². The number of carbonyl (C=O) groups is 2. The fourth-order valence-corrected chi connectivity index (χ4v) is 4.01. The summed E-state index contributed by atoms with van der Waals surface area (Å²) in [4.78, 5) is 29.7. The van der Waals surface area contributed by atoms with Gasteiger partial charge in [0, 0.05) is 45.2 Å². The van der Waals surface area contributed by atoms with Crippen molar-refractivity contribution in [2.45, 2.75) is 39.5 Å². The van der Waals surface area contributed by atoms with Gasteiger partial charge in [0.05, 0.1) is 4.88 Å². The molecule has 0 aliphatic carbocycles. The molecule has 140 valence electrons. The molecular formula is C19H31N3O2S. The maximum Gasteiger partial charge on any atom is 0.264 e. The molecule has 0 aromatic carbocycles. The molecule has 0 radical (unpaired) electrons. The number of nitrogens with zero attached hydrogens (tertiary/aromatic N) is 2. The zero-order chi connectivity index (χ0) is 18.1. The largest absolute Gasteiger partial charge is 0.355 e. The minimum atomic E-state index is 0.143. The number of thiophene rings is 1. The van der Waals surface area contributed by atoms with Gasteiger partial charge in [-0.05, 0) is 24.3 Å². The lowest BCUT2D eigenvalue weighted by Crippen LogP contribution is -2.50. The van der Waals surface area contributed by atoms with Crippen LogP contribution in [0.3, 0.4) is 0 Å². The second kappa shape index (κ2) is 10.6. The van der Waals surface area contributed by atoms with E-state index in [-0.39, 0.29) is 17.7 Å². The van der Waals surface area contributed by atoms with E-state index in [1.165, 1.54) is 11.3 Å². The summed E-state index contributed by atoms with van der Waals surface area (Å²) in [7, 11) is 0. The van der Waals surface area contributed by atoms with Gasteiger partial charge in [-0.25, -0.2) is 0 Å². The number of hydrogen-bond acceptors (Lipinski definition) is 4. The molecule has 6 heteroatoms. The molecule has 1 saturated heterocycles. The topological polar surface area (TPSA) is 52.7 Å². The average Bonchev–Trinajstić information content (AvgIpc) is 3.16. The van der Waals surface area contributed by atoms with Crippen molar-refractivity contribution in [2.75, 3.05) is 39.3 Å². The van der Waals surface area contributed by atoms with Gasteiger partial charge >= 0.3 is 0 Å². The van der Waals surface area contributed by atoms with Crippen molar-refractivity contribution >= 4 is 23.2 Å². The second-order valence-electron chi connectivity index (χ2n) is 6.68. The van der Waals surface area contributed by atoms with E-state index in [1.807, 2.05) is 22.4 Å². The molecule has 1 aromatic rings. The van der Waals surface area contributed by atoms with Crippen LogP contribution in [0.25, 0.3) is 0 Å². The maximum absolute atomic E-state index is 12.3. The highest BCUT2D eigenvalue weighted by Gasteiger charge is 2.23. The van der Waals surface area contributed by atoms with Crippen molar-refractivity contribution in [2.24, 2.45) is 5.92 Å². The third-order valence-electron chi connectivity index (χ3n) is 4.76. The SMILES string of the molecule is CCCC(CCC)C(=O)NCCN1CCN(C(=O)c2cccs2)CC1. The van der Waals surface area contributed by atoms with Crippen LogP contribution >= 0.6 is 11.3 Å². The summed E-state index contributed by atoms with van der Waals surface area (Å²) >= 11 is 1.50. The quantitative estimate of drug-likeness (QED) is 0.732. The first-order valence-corrected chi connectivity index (χ1v) is 10.4. The summed E-state index contributed by atoms with van der Waals surface area (Å²) in [5, 5.41) is 5.04. The molecule has 1 aromatic heterocycles. The van der Waals surface area contributed by atoms with Gasteiger partial charge in [0.2, 0.25) is 5.91 Å². The van der Waals surface area contributed by atoms with Gasteiger partial charge in [-0.15, -0.1) is 11.3 Å². The van der Waals surface area contributed by atoms with E-state index in [1.54, 1.807) is 0 Å². The highest BCUT2D eigenvalue weighted by Crippen LogP contribution is 2.14. The van der Waals surface area contributed by atoms with Crippen molar-refractivity contribution in [3.8, 4) is 0 Å². The van der Waals surface area contributed by atoms with Crippen LogP contribution in [0.15, 0.2) is 17.5 Å². The monoisotopic (exact) mass is 365 g/mol. The van der Waals surface area contributed by atoms with E-state index in [0.717, 1.165) is 63.3 Å². The fourth-order valence-electron chi connectivity index (χ4n) is 3.32. The molecule has 2 amide bonds. The lowest BCUT2D eigenvalue weighted by Gasteiger charge is -2.34. The van der Waals surface area contributed by atoms with Crippen molar-refractivity contribution in [1.29, 1.82) is 0 Å². The predicted octanol–water partition coefficient (Wildman–Crippen LogP) is 2.84. The average molecular weight is 366 g/mol. The summed E-state index contributed by atoms with van der Waals surface area (Å²) < 4.78 is 0. The predicted molar refractivity (Wildman–Crippen MR) is 103 cm³/mol. The highest BCUT2D eigenvalue weighted by molar-refractivity contribution is 7.12. The van der Waals surface area contributed by atoms with Gasteiger partial charge < -0.3 is 10.2 Å². The van der Waals surface area contributed by atoms with Crippen molar-refractivity contribution in [1.82, 2.24) is 15.1 Å². The zero-order valence-corrected chi connectivity index (χ0v) is 16.3. The Morgan fingerprint density at radius 3 is 2.40 bits per heavy atom. The number of nitrogens with one attached hydrogen (secondary N) is 1. The molecule has 1 fully saturated rings. The van der Waals surface area contributed by atoms with Gasteiger partial charge in [-0.3, -0.25) is 14.5 Å². The van der Waals surface area contributed by atoms with Crippen LogP contribution in [0.4, 0.5) is 0 Å². The minimum absolute atomic E-state index is 0.143. The number of amides is 2. The minimum Gasteiger partial charge on any atom is -0.355 e. The lowest BCUT2D eigenvalue weighted by atomic mass is 9.97. The first kappa shape index (κ1) is 19.9. The zero-order valence-electron chi connectivity index (χ0n) is 15.5. The molecule has 0 unspecified atom stereocenters. The standard InChI is InChI=1S/C19H31N3O2S/c1-3-6-16(7-4-2)18(23)20-9-10-21-11-13-22(14-12-21)19(24)17-8-5-15-25-17/h5,8,15-16H,3-4,6-7,9-14H2,1-2H3,(H,20,23). The van der Waals surface area contributed by atoms with Crippen LogP contribution in [-0.2, 0) is 4.79 Å². The van der Waals surface area contributed by atoms with Crippen molar-refractivity contribution < 1.29 is 9.59 Å². The molecule has 0 atom stereocenters. The van der Waals surface area contributed by atoms with E-state index < -0.39 is 0 Å². The van der Waals surface area contributed by atoms with E-state index in [2.05, 4.69) is 24.1 Å². The second-order valence-corrected chi connectivity index (χ2v) is 7.62. The van der Waals surface area contributed by atoms with Gasteiger partial charge in [0.25, 0.3) is 5.91 Å². The molecule has 2 rings (SSSR count). The molecule has 2 heterocycles. The molecule has 0 spiro atoms. The van der Waals surface area contributed by atoms with Gasteiger partial charge in [0.15, 0.2) is 0 Å². The molecule has 5 nitrogen and oxygen atoms in total. The van der Waals surface area contributed by atoms with Crippen LogP contribution in [0, 0.1) is 5.92 Å². The molecule has 0 saturated carbocycles. The number of carbonyl (C=O) groups excluding carboxylic acids is 2. The van der Waals surface area contributed by atoms with Gasteiger partial charge in [0.1, 0.15) is 0 Å². The third kappa shape index (κ3) is 6.12. The van der Waals surface area contributed by atoms with Gasteiger partial charge in [-0.2, -0.15) is 0 Å². The van der Waals surface area contributed by atoms with Crippen LogP contribution in [0.2, 0.25) is 0 Å². The Morgan fingerprint density at radius 1 is 1.16 bits per heavy atom.